The van der Waals surface area contributed by atoms with Crippen molar-refractivity contribution in [1.29, 1.82) is 0 Å². The van der Waals surface area contributed by atoms with E-state index in [1.165, 1.54) is 0 Å². The van der Waals surface area contributed by atoms with E-state index in [4.69, 9.17) is 14.6 Å². The molecule has 6 heteroatoms. The molecule has 6 nitrogen and oxygen atoms in total. The van der Waals surface area contributed by atoms with Gasteiger partial charge < -0.3 is 25.2 Å². The van der Waals surface area contributed by atoms with Gasteiger partial charge in [-0.15, -0.1) is 0 Å². The number of hydrogen-bond acceptors (Lipinski definition) is 6. The van der Waals surface area contributed by atoms with Crippen molar-refractivity contribution >= 4 is 11.5 Å². The predicted molar refractivity (Wildman–Crippen MR) is 84.7 cm³/mol. The number of aliphatic hydroxyl groups is 1. The third-order valence-electron chi connectivity index (χ3n) is 3.50. The fraction of sp³-hybridized carbons (Fsp3) is 0.562. The Bertz CT molecular complexity index is 507. The number of rotatable bonds is 8. The summed E-state index contributed by atoms with van der Waals surface area (Å²) in [4.78, 5) is 12.4. The number of carbonyl (C=O) groups excluding carboxylic acids is 1. The molecule has 0 amide bonds. The van der Waals surface area contributed by atoms with Crippen LogP contribution in [0.2, 0.25) is 0 Å². The Kier molecular flexibility index (Phi) is 6.18. The van der Waals surface area contributed by atoms with E-state index in [0.29, 0.717) is 25.3 Å². The molecule has 2 atom stereocenters. The lowest BCUT2D eigenvalue weighted by Crippen LogP contribution is -2.36. The van der Waals surface area contributed by atoms with E-state index in [1.807, 2.05) is 26.0 Å². The molecule has 0 radical (unpaired) electrons. The number of fused-ring (bicyclic) bond motifs is 1. The maximum atomic E-state index is 12.4. The molecule has 1 aliphatic rings. The summed E-state index contributed by atoms with van der Waals surface area (Å²) in [6.45, 7) is 5.93. The molecule has 1 aliphatic heterocycles. The number of ketones is 1. The lowest BCUT2D eigenvalue weighted by Gasteiger charge is -2.25. The maximum absolute atomic E-state index is 12.4. The lowest BCUT2D eigenvalue weighted by molar-refractivity contribution is 0.0870. The van der Waals surface area contributed by atoms with Gasteiger partial charge in [-0.3, -0.25) is 4.79 Å². The summed E-state index contributed by atoms with van der Waals surface area (Å²) in [6, 6.07) is 5.17. The lowest BCUT2D eigenvalue weighted by atomic mass is 10.0. The average molecular weight is 308 g/mol. The fourth-order valence-corrected chi connectivity index (χ4v) is 2.29. The third-order valence-corrected chi connectivity index (χ3v) is 3.50. The van der Waals surface area contributed by atoms with Crippen LogP contribution in [0.15, 0.2) is 18.2 Å². The van der Waals surface area contributed by atoms with E-state index in [1.54, 1.807) is 6.07 Å². The van der Waals surface area contributed by atoms with Gasteiger partial charge in [0.05, 0.1) is 38.1 Å². The molecule has 122 valence electrons. The van der Waals surface area contributed by atoms with Crippen LogP contribution in [0.4, 0.5) is 5.69 Å². The van der Waals surface area contributed by atoms with E-state index in [9.17, 15) is 4.79 Å². The fourth-order valence-electron chi connectivity index (χ4n) is 2.29. The van der Waals surface area contributed by atoms with Crippen molar-refractivity contribution in [3.63, 3.8) is 0 Å². The number of Topliss-reactive ketones (excluding diaryl/α,β-unsaturated/α-hetero) is 1. The molecule has 0 aromatic heterocycles. The molecule has 1 aromatic rings. The summed E-state index contributed by atoms with van der Waals surface area (Å²) in [7, 11) is 0. The Labute approximate surface area is 130 Å². The maximum Gasteiger partial charge on any atom is 0.179 e. The largest absolute Gasteiger partial charge is 0.487 e. The van der Waals surface area contributed by atoms with Crippen LogP contribution in [-0.2, 0) is 4.74 Å². The first-order valence-electron chi connectivity index (χ1n) is 7.62. The highest BCUT2D eigenvalue weighted by Gasteiger charge is 2.19. The second-order valence-electron chi connectivity index (χ2n) is 5.40. The van der Waals surface area contributed by atoms with Crippen molar-refractivity contribution in [2.24, 2.45) is 0 Å². The summed E-state index contributed by atoms with van der Waals surface area (Å²) in [5.74, 6) is 0.818. The summed E-state index contributed by atoms with van der Waals surface area (Å²) >= 11 is 0. The normalized spacial score (nSPS) is 18.0. The Hall–Kier alpha value is -1.63. The van der Waals surface area contributed by atoms with Crippen LogP contribution in [0, 0.1) is 0 Å². The topological polar surface area (TPSA) is 79.8 Å². The Morgan fingerprint density at radius 2 is 2.36 bits per heavy atom. The highest BCUT2D eigenvalue weighted by molar-refractivity contribution is 6.01. The molecule has 0 saturated carbocycles. The molecule has 0 spiro atoms. The van der Waals surface area contributed by atoms with Crippen molar-refractivity contribution < 1.29 is 19.4 Å². The van der Waals surface area contributed by atoms with Gasteiger partial charge in [0.2, 0.25) is 0 Å². The first-order chi connectivity index (χ1) is 10.6. The summed E-state index contributed by atoms with van der Waals surface area (Å²) in [5.41, 5.74) is 1.52. The van der Waals surface area contributed by atoms with Gasteiger partial charge in [0.25, 0.3) is 0 Å². The van der Waals surface area contributed by atoms with E-state index in [0.717, 1.165) is 18.0 Å². The van der Waals surface area contributed by atoms with Gasteiger partial charge in [-0.2, -0.15) is 0 Å². The highest BCUT2D eigenvalue weighted by atomic mass is 16.5. The van der Waals surface area contributed by atoms with Crippen molar-refractivity contribution in [1.82, 2.24) is 5.32 Å². The number of nitrogens with one attached hydrogen (secondary N) is 2. The zero-order valence-electron chi connectivity index (χ0n) is 13.1. The zero-order chi connectivity index (χ0) is 15.9. The second-order valence-corrected chi connectivity index (χ2v) is 5.40. The Morgan fingerprint density at radius 3 is 3.14 bits per heavy atom. The Morgan fingerprint density at radius 1 is 1.55 bits per heavy atom. The average Bonchev–Trinajstić information content (AvgIpc) is 2.53. The molecular formula is C16H24N2O4. The van der Waals surface area contributed by atoms with Gasteiger partial charge in [0.15, 0.2) is 5.78 Å². The minimum Gasteiger partial charge on any atom is -0.487 e. The Balaban J connectivity index is 1.89. The minimum absolute atomic E-state index is 0.0112. The molecule has 1 aromatic carbocycles. The number of hydrogen-bond donors (Lipinski definition) is 3. The smallest absolute Gasteiger partial charge is 0.179 e. The molecule has 0 aliphatic carbocycles. The molecule has 2 rings (SSSR count). The first kappa shape index (κ1) is 16.7. The molecule has 0 bridgehead atoms. The molecule has 3 N–H and O–H groups in total. The van der Waals surface area contributed by atoms with Gasteiger partial charge in [0, 0.05) is 12.1 Å². The quantitative estimate of drug-likeness (QED) is 0.492. The van der Waals surface area contributed by atoms with E-state index < -0.39 is 0 Å². The van der Waals surface area contributed by atoms with Crippen LogP contribution in [0.3, 0.4) is 0 Å². The summed E-state index contributed by atoms with van der Waals surface area (Å²) < 4.78 is 10.9. The monoisotopic (exact) mass is 308 g/mol. The van der Waals surface area contributed by atoms with Crippen LogP contribution in [0.25, 0.3) is 0 Å². The van der Waals surface area contributed by atoms with E-state index in [2.05, 4.69) is 10.6 Å². The second kappa shape index (κ2) is 8.12. The van der Waals surface area contributed by atoms with Crippen LogP contribution in [0.5, 0.6) is 5.75 Å². The van der Waals surface area contributed by atoms with Gasteiger partial charge >= 0.3 is 0 Å². The summed E-state index contributed by atoms with van der Waals surface area (Å²) in [5, 5.41) is 15.0. The number of anilines is 1. The van der Waals surface area contributed by atoms with Crippen molar-refractivity contribution in [2.45, 2.75) is 26.0 Å². The first-order valence-corrected chi connectivity index (χ1v) is 7.62. The van der Waals surface area contributed by atoms with E-state index in [-0.39, 0.29) is 24.5 Å². The van der Waals surface area contributed by atoms with Crippen LogP contribution < -0.4 is 15.4 Å². The highest BCUT2D eigenvalue weighted by Crippen LogP contribution is 2.30. The predicted octanol–water partition coefficient (Wildman–Crippen LogP) is 1.05. The van der Waals surface area contributed by atoms with Crippen LogP contribution in [-0.4, -0.2) is 55.9 Å². The van der Waals surface area contributed by atoms with Crippen molar-refractivity contribution in [3.05, 3.63) is 23.8 Å². The number of ether oxygens (including phenoxy) is 2. The van der Waals surface area contributed by atoms with Gasteiger partial charge in [-0.1, -0.05) is 0 Å². The molecule has 0 saturated heterocycles. The molecule has 22 heavy (non-hydrogen) atoms. The molecule has 2 unspecified atom stereocenters. The molecule has 0 fully saturated rings. The number of benzene rings is 1. The van der Waals surface area contributed by atoms with Crippen molar-refractivity contribution in [3.8, 4) is 5.75 Å². The molecule has 1 heterocycles. The SMILES string of the molecule is CC1CNc2cc(C(=O)C(C)NCCOCCO)ccc2O1. The summed E-state index contributed by atoms with van der Waals surface area (Å²) in [6.07, 6.45) is 0.133. The van der Waals surface area contributed by atoms with Crippen LogP contribution in [0.1, 0.15) is 24.2 Å². The standard InChI is InChI=1S/C16H24N2O4/c1-11-10-18-14-9-13(3-4-15(14)22-11)16(20)12(2)17-5-7-21-8-6-19/h3-4,9,11-12,17-19H,5-8,10H2,1-2H3. The number of carbonyl (C=O) groups is 1. The van der Waals surface area contributed by atoms with Crippen molar-refractivity contribution in [2.75, 3.05) is 38.2 Å². The zero-order valence-corrected chi connectivity index (χ0v) is 13.1. The number of aliphatic hydroxyl groups excluding tert-OH is 1. The van der Waals surface area contributed by atoms with Crippen LogP contribution >= 0.6 is 0 Å². The minimum atomic E-state index is -0.292. The van der Waals surface area contributed by atoms with E-state index >= 15 is 0 Å². The third kappa shape index (κ3) is 4.43. The van der Waals surface area contributed by atoms with Gasteiger partial charge in [-0.05, 0) is 32.0 Å². The van der Waals surface area contributed by atoms with Gasteiger partial charge in [0.1, 0.15) is 11.9 Å². The molecular weight excluding hydrogens is 284 g/mol. The van der Waals surface area contributed by atoms with Gasteiger partial charge in [-0.25, -0.2) is 0 Å².